The van der Waals surface area contributed by atoms with Gasteiger partial charge in [0.05, 0.1) is 13.2 Å². The Morgan fingerprint density at radius 3 is 2.69 bits per heavy atom. The molecule has 5 nitrogen and oxygen atoms in total. The zero-order valence-corrected chi connectivity index (χ0v) is 8.90. The SMILES string of the molecule is C=C1CC2OC2(C(=O)N2CCOCC2)C1=O. The molecule has 2 aliphatic heterocycles. The molecule has 0 aromatic heterocycles. The van der Waals surface area contributed by atoms with Crippen molar-refractivity contribution in [3.63, 3.8) is 0 Å². The molecule has 2 atom stereocenters. The van der Waals surface area contributed by atoms with Crippen molar-refractivity contribution >= 4 is 11.7 Å². The van der Waals surface area contributed by atoms with Gasteiger partial charge in [-0.15, -0.1) is 0 Å². The number of morpholine rings is 1. The topological polar surface area (TPSA) is 59.1 Å². The van der Waals surface area contributed by atoms with Gasteiger partial charge in [-0.25, -0.2) is 0 Å². The number of hydrogen-bond acceptors (Lipinski definition) is 4. The van der Waals surface area contributed by atoms with Crippen molar-refractivity contribution in [3.05, 3.63) is 12.2 Å². The molecule has 0 aromatic carbocycles. The molecule has 1 amide bonds. The second-order valence-electron chi connectivity index (χ2n) is 4.38. The lowest BCUT2D eigenvalue weighted by atomic mass is 10.0. The number of carbonyl (C=O) groups is 2. The third-order valence-electron chi connectivity index (χ3n) is 3.43. The lowest BCUT2D eigenvalue weighted by molar-refractivity contribution is -0.145. The molecule has 1 aliphatic carbocycles. The minimum Gasteiger partial charge on any atom is -0.378 e. The molecule has 0 N–H and O–H groups in total. The van der Waals surface area contributed by atoms with Gasteiger partial charge in [-0.2, -0.15) is 0 Å². The van der Waals surface area contributed by atoms with Gasteiger partial charge >= 0.3 is 0 Å². The quantitative estimate of drug-likeness (QED) is 0.342. The lowest BCUT2D eigenvalue weighted by Crippen LogP contribution is -2.49. The van der Waals surface area contributed by atoms with E-state index in [9.17, 15) is 9.59 Å². The number of ketones is 1. The summed E-state index contributed by atoms with van der Waals surface area (Å²) in [5.74, 6) is -0.432. The van der Waals surface area contributed by atoms with Gasteiger partial charge < -0.3 is 14.4 Å². The molecule has 2 heterocycles. The van der Waals surface area contributed by atoms with Gasteiger partial charge in [-0.1, -0.05) is 6.58 Å². The maximum Gasteiger partial charge on any atom is 0.265 e. The Bertz CT molecular complexity index is 385. The predicted molar refractivity (Wildman–Crippen MR) is 53.8 cm³/mol. The largest absolute Gasteiger partial charge is 0.378 e. The number of Topliss-reactive ketones (excluding diaryl/α,β-unsaturated/α-hetero) is 1. The molecule has 2 saturated heterocycles. The van der Waals surface area contributed by atoms with Crippen LogP contribution in [0.1, 0.15) is 6.42 Å². The number of fused-ring (bicyclic) bond motifs is 1. The first-order valence-corrected chi connectivity index (χ1v) is 5.44. The van der Waals surface area contributed by atoms with Crippen LogP contribution in [0.3, 0.4) is 0 Å². The van der Waals surface area contributed by atoms with Gasteiger partial charge in [0.15, 0.2) is 0 Å². The van der Waals surface area contributed by atoms with E-state index in [2.05, 4.69) is 6.58 Å². The van der Waals surface area contributed by atoms with E-state index in [1.54, 1.807) is 4.90 Å². The van der Waals surface area contributed by atoms with Gasteiger partial charge in [-0.05, 0) is 5.57 Å². The Morgan fingerprint density at radius 1 is 1.44 bits per heavy atom. The molecule has 5 heteroatoms. The van der Waals surface area contributed by atoms with Crippen LogP contribution < -0.4 is 0 Å². The third-order valence-corrected chi connectivity index (χ3v) is 3.43. The van der Waals surface area contributed by atoms with E-state index in [0.29, 0.717) is 38.3 Å². The molecule has 3 aliphatic rings. The van der Waals surface area contributed by atoms with Crippen LogP contribution in [-0.4, -0.2) is 54.6 Å². The number of hydrogen-bond donors (Lipinski definition) is 0. The van der Waals surface area contributed by atoms with Crippen LogP contribution in [0.5, 0.6) is 0 Å². The molecule has 0 aromatic rings. The molecule has 0 radical (unpaired) electrons. The molecule has 1 saturated carbocycles. The van der Waals surface area contributed by atoms with Gasteiger partial charge in [0.1, 0.15) is 6.10 Å². The Morgan fingerprint density at radius 2 is 2.12 bits per heavy atom. The highest BCUT2D eigenvalue weighted by Gasteiger charge is 2.73. The van der Waals surface area contributed by atoms with Gasteiger partial charge in [0.2, 0.25) is 11.4 Å². The van der Waals surface area contributed by atoms with Gasteiger partial charge in [0, 0.05) is 19.5 Å². The smallest absolute Gasteiger partial charge is 0.265 e. The number of rotatable bonds is 1. The predicted octanol–water partition coefficient (Wildman–Crippen LogP) is -0.488. The van der Waals surface area contributed by atoms with E-state index in [0.717, 1.165) is 0 Å². The highest BCUT2D eigenvalue weighted by atomic mass is 16.6. The highest BCUT2D eigenvalue weighted by molar-refractivity contribution is 6.21. The van der Waals surface area contributed by atoms with Crippen LogP contribution in [-0.2, 0) is 19.1 Å². The van der Waals surface area contributed by atoms with Crippen molar-refractivity contribution < 1.29 is 19.1 Å². The number of nitrogens with zero attached hydrogens (tertiary/aromatic N) is 1. The summed E-state index contributed by atoms with van der Waals surface area (Å²) in [6, 6.07) is 0. The van der Waals surface area contributed by atoms with Crippen LogP contribution in [0.15, 0.2) is 12.2 Å². The van der Waals surface area contributed by atoms with E-state index in [1.165, 1.54) is 0 Å². The van der Waals surface area contributed by atoms with Crippen molar-refractivity contribution in [2.75, 3.05) is 26.3 Å². The molecule has 2 unspecified atom stereocenters. The maximum atomic E-state index is 12.2. The molecule has 3 fully saturated rings. The first-order valence-electron chi connectivity index (χ1n) is 5.44. The van der Waals surface area contributed by atoms with Gasteiger partial charge in [-0.3, -0.25) is 9.59 Å². The van der Waals surface area contributed by atoms with E-state index in [-0.39, 0.29) is 17.8 Å². The van der Waals surface area contributed by atoms with E-state index in [4.69, 9.17) is 9.47 Å². The number of epoxide rings is 1. The third kappa shape index (κ3) is 1.13. The van der Waals surface area contributed by atoms with Crippen molar-refractivity contribution in [1.29, 1.82) is 0 Å². The van der Waals surface area contributed by atoms with Crippen LogP contribution in [0, 0.1) is 0 Å². The molecule has 86 valence electrons. The monoisotopic (exact) mass is 223 g/mol. The summed E-state index contributed by atoms with van der Waals surface area (Å²) >= 11 is 0. The van der Waals surface area contributed by atoms with Crippen molar-refractivity contribution in [3.8, 4) is 0 Å². The number of carbonyl (C=O) groups excluding carboxylic acids is 2. The summed E-state index contributed by atoms with van der Waals surface area (Å²) in [4.78, 5) is 25.7. The normalized spacial score (nSPS) is 37.5. The lowest BCUT2D eigenvalue weighted by Gasteiger charge is -2.28. The summed E-state index contributed by atoms with van der Waals surface area (Å²) in [6.45, 7) is 5.80. The summed E-state index contributed by atoms with van der Waals surface area (Å²) in [5.41, 5.74) is -0.688. The second-order valence-corrected chi connectivity index (χ2v) is 4.38. The zero-order valence-electron chi connectivity index (χ0n) is 8.90. The first kappa shape index (κ1) is 9.99. The fourth-order valence-corrected chi connectivity index (χ4v) is 2.44. The highest BCUT2D eigenvalue weighted by Crippen LogP contribution is 2.50. The van der Waals surface area contributed by atoms with Crippen LogP contribution in [0.2, 0.25) is 0 Å². The molecule has 16 heavy (non-hydrogen) atoms. The first-order chi connectivity index (χ1) is 7.66. The van der Waals surface area contributed by atoms with Crippen molar-refractivity contribution in [1.82, 2.24) is 4.90 Å². The number of amides is 1. The van der Waals surface area contributed by atoms with E-state index in [1.807, 2.05) is 0 Å². The molecular formula is C11H13NO4. The van der Waals surface area contributed by atoms with Crippen LogP contribution >= 0.6 is 0 Å². The second kappa shape index (κ2) is 3.15. The summed E-state index contributed by atoms with van der Waals surface area (Å²) in [6.07, 6.45) is 0.234. The zero-order chi connectivity index (χ0) is 11.3. The molecular weight excluding hydrogens is 210 g/mol. The Hall–Kier alpha value is -1.20. The average molecular weight is 223 g/mol. The van der Waals surface area contributed by atoms with Crippen molar-refractivity contribution in [2.24, 2.45) is 0 Å². The maximum absolute atomic E-state index is 12.2. The van der Waals surface area contributed by atoms with Crippen LogP contribution in [0.25, 0.3) is 0 Å². The van der Waals surface area contributed by atoms with Crippen LogP contribution in [0.4, 0.5) is 0 Å². The summed E-state index contributed by atoms with van der Waals surface area (Å²) in [7, 11) is 0. The molecule has 0 spiro atoms. The fourth-order valence-electron chi connectivity index (χ4n) is 2.44. The average Bonchev–Trinajstić information content (AvgIpc) is 2.97. The fraction of sp³-hybridized carbons (Fsp3) is 0.636. The molecule has 3 rings (SSSR count). The minimum atomic E-state index is -1.20. The number of ether oxygens (including phenoxy) is 2. The Kier molecular flexibility index (Phi) is 1.96. The van der Waals surface area contributed by atoms with Crippen molar-refractivity contribution in [2.45, 2.75) is 18.1 Å². The van der Waals surface area contributed by atoms with Gasteiger partial charge in [0.25, 0.3) is 5.91 Å². The Balaban J connectivity index is 1.81. The van der Waals surface area contributed by atoms with E-state index >= 15 is 0 Å². The summed E-state index contributed by atoms with van der Waals surface area (Å²) < 4.78 is 10.5. The molecule has 0 bridgehead atoms. The Labute approximate surface area is 93.0 Å². The summed E-state index contributed by atoms with van der Waals surface area (Å²) in [5, 5.41) is 0. The van der Waals surface area contributed by atoms with E-state index < -0.39 is 5.60 Å². The minimum absolute atomic E-state index is 0.204. The standard InChI is InChI=1S/C11H13NO4/c1-7-6-8-11(16-8,9(7)13)10(14)12-2-4-15-5-3-12/h8H,1-6H2.